The predicted molar refractivity (Wildman–Crippen MR) is 107 cm³/mol. The molecule has 0 aliphatic carbocycles. The molecule has 1 aliphatic heterocycles. The maximum atomic E-state index is 13.0. The highest BCUT2D eigenvalue weighted by Gasteiger charge is 2.33. The largest absolute Gasteiger partial charge is 0.371 e. The lowest BCUT2D eigenvalue weighted by Gasteiger charge is -2.32. The van der Waals surface area contributed by atoms with Crippen molar-refractivity contribution in [1.82, 2.24) is 23.6 Å². The molecular weight excluding hydrogens is 380 g/mol. The van der Waals surface area contributed by atoms with Gasteiger partial charge in [0, 0.05) is 45.5 Å². The normalized spacial score (nSPS) is 18.6. The highest BCUT2D eigenvalue weighted by molar-refractivity contribution is 7.89. The van der Waals surface area contributed by atoms with Crippen LogP contribution < -0.4 is 10.5 Å². The Balaban J connectivity index is 1.84. The van der Waals surface area contributed by atoms with E-state index in [4.69, 9.17) is 0 Å². The molecule has 9 nitrogen and oxygen atoms in total. The Hall–Kier alpha value is -2.20. The summed E-state index contributed by atoms with van der Waals surface area (Å²) < 4.78 is 30.4. The number of rotatable bonds is 5. The summed E-state index contributed by atoms with van der Waals surface area (Å²) in [5.41, 5.74) is 0.531. The fraction of sp³-hybridized carbons (Fsp3) is 0.611. The Morgan fingerprint density at radius 2 is 2.04 bits per heavy atom. The minimum atomic E-state index is -3.70. The van der Waals surface area contributed by atoms with Crippen LogP contribution in [-0.2, 0) is 17.1 Å². The molecule has 10 heteroatoms. The molecule has 0 radical (unpaired) electrons. The zero-order valence-electron chi connectivity index (χ0n) is 17.0. The van der Waals surface area contributed by atoms with Crippen LogP contribution in [0.15, 0.2) is 28.3 Å². The molecule has 1 aliphatic rings. The van der Waals surface area contributed by atoms with E-state index in [0.717, 1.165) is 5.69 Å². The molecule has 0 spiro atoms. The van der Waals surface area contributed by atoms with Crippen molar-refractivity contribution in [3.05, 3.63) is 34.6 Å². The highest BCUT2D eigenvalue weighted by atomic mass is 32.2. The number of hydrogen-bond acceptors (Lipinski definition) is 6. The van der Waals surface area contributed by atoms with E-state index in [1.54, 1.807) is 30.8 Å². The quantitative estimate of drug-likeness (QED) is 0.737. The van der Waals surface area contributed by atoms with Gasteiger partial charge in [-0.05, 0) is 33.6 Å². The minimum absolute atomic E-state index is 0.0439. The number of anilines is 1. The van der Waals surface area contributed by atoms with Gasteiger partial charge in [-0.15, -0.1) is 0 Å². The van der Waals surface area contributed by atoms with Gasteiger partial charge in [-0.3, -0.25) is 4.79 Å². The van der Waals surface area contributed by atoms with Gasteiger partial charge in [0.2, 0.25) is 0 Å². The van der Waals surface area contributed by atoms with Crippen LogP contribution in [0.3, 0.4) is 0 Å². The zero-order valence-corrected chi connectivity index (χ0v) is 17.8. The van der Waals surface area contributed by atoms with E-state index in [1.165, 1.54) is 15.2 Å². The third-order valence-electron chi connectivity index (χ3n) is 5.39. The van der Waals surface area contributed by atoms with Crippen LogP contribution in [0.2, 0.25) is 0 Å². The molecule has 3 rings (SSSR count). The van der Waals surface area contributed by atoms with Gasteiger partial charge in [0.1, 0.15) is 5.82 Å². The lowest BCUT2D eigenvalue weighted by Crippen LogP contribution is -2.43. The smallest absolute Gasteiger partial charge is 0.269 e. The second kappa shape index (κ2) is 7.67. The molecule has 1 fully saturated rings. The van der Waals surface area contributed by atoms with E-state index in [2.05, 4.69) is 10.1 Å². The molecule has 28 heavy (non-hydrogen) atoms. The first kappa shape index (κ1) is 20.5. The summed E-state index contributed by atoms with van der Waals surface area (Å²) in [5.74, 6) is 0.634. The number of piperidine rings is 1. The van der Waals surface area contributed by atoms with Gasteiger partial charge in [-0.25, -0.2) is 18.1 Å². The van der Waals surface area contributed by atoms with Crippen LogP contribution in [0.1, 0.15) is 38.6 Å². The molecule has 0 saturated carbocycles. The average Bonchev–Trinajstić information content (AvgIpc) is 3.00. The van der Waals surface area contributed by atoms with Crippen LogP contribution in [0.5, 0.6) is 0 Å². The van der Waals surface area contributed by atoms with Gasteiger partial charge < -0.3 is 9.47 Å². The predicted octanol–water partition coefficient (Wildman–Crippen LogP) is 1.16. The Morgan fingerprint density at radius 1 is 1.32 bits per heavy atom. The van der Waals surface area contributed by atoms with Crippen molar-refractivity contribution >= 4 is 15.7 Å². The average molecular weight is 409 g/mol. The first-order valence-electron chi connectivity index (χ1n) is 9.43. The minimum Gasteiger partial charge on any atom is -0.371 e. The van der Waals surface area contributed by atoms with E-state index >= 15 is 0 Å². The van der Waals surface area contributed by atoms with Crippen molar-refractivity contribution in [2.45, 2.75) is 50.7 Å². The first-order valence-corrected chi connectivity index (χ1v) is 10.9. The molecule has 154 valence electrons. The summed E-state index contributed by atoms with van der Waals surface area (Å²) in [6, 6.07) is 1.51. The van der Waals surface area contributed by atoms with Crippen molar-refractivity contribution < 1.29 is 8.42 Å². The number of aromatic nitrogens is 4. The summed E-state index contributed by atoms with van der Waals surface area (Å²) >= 11 is 0. The third kappa shape index (κ3) is 3.83. The van der Waals surface area contributed by atoms with Crippen LogP contribution in [-0.4, -0.2) is 58.2 Å². The fourth-order valence-electron chi connectivity index (χ4n) is 3.30. The van der Waals surface area contributed by atoms with Gasteiger partial charge in [0.25, 0.3) is 15.6 Å². The Labute approximate surface area is 165 Å². The molecule has 0 bridgehead atoms. The van der Waals surface area contributed by atoms with E-state index in [0.29, 0.717) is 25.2 Å². The standard InChI is InChI=1S/C18H28N6O3S/c1-13(2)22(5)16-9-18(25)24(19-10-16)15-7-6-8-23(11-15)28(26,27)17-12-21(4)14(3)20-17/h9-10,12-13,15H,6-8,11H2,1-5H3/t15-/m1/s1. The van der Waals surface area contributed by atoms with Crippen molar-refractivity contribution in [3.63, 3.8) is 0 Å². The number of hydrogen-bond donors (Lipinski definition) is 0. The number of sulfonamides is 1. The molecule has 1 atom stereocenters. The third-order valence-corrected chi connectivity index (χ3v) is 7.13. The molecule has 3 heterocycles. The Kier molecular flexibility index (Phi) is 5.62. The van der Waals surface area contributed by atoms with Crippen molar-refractivity contribution in [1.29, 1.82) is 0 Å². The molecule has 0 aromatic carbocycles. The van der Waals surface area contributed by atoms with Gasteiger partial charge in [-0.2, -0.15) is 9.40 Å². The summed E-state index contributed by atoms with van der Waals surface area (Å²) in [6.07, 6.45) is 4.56. The van der Waals surface area contributed by atoms with Crippen molar-refractivity contribution in [2.24, 2.45) is 7.05 Å². The first-order chi connectivity index (χ1) is 13.1. The van der Waals surface area contributed by atoms with Gasteiger partial charge >= 0.3 is 0 Å². The van der Waals surface area contributed by atoms with Crippen LogP contribution in [0.25, 0.3) is 0 Å². The molecule has 2 aromatic heterocycles. The van der Waals surface area contributed by atoms with Crippen LogP contribution in [0, 0.1) is 6.92 Å². The van der Waals surface area contributed by atoms with Gasteiger partial charge in [0.05, 0.1) is 17.9 Å². The zero-order chi connectivity index (χ0) is 20.6. The maximum Gasteiger partial charge on any atom is 0.269 e. The molecule has 0 amide bonds. The number of imidazole rings is 1. The Bertz CT molecular complexity index is 991. The monoisotopic (exact) mass is 408 g/mol. The SMILES string of the molecule is Cc1nc(S(=O)(=O)N2CCC[C@@H](n3ncc(N(C)C(C)C)cc3=O)C2)cn1C. The highest BCUT2D eigenvalue weighted by Crippen LogP contribution is 2.25. The Morgan fingerprint density at radius 3 is 2.61 bits per heavy atom. The molecule has 1 saturated heterocycles. The lowest BCUT2D eigenvalue weighted by molar-refractivity contribution is 0.247. The van der Waals surface area contributed by atoms with Crippen molar-refractivity contribution in [2.75, 3.05) is 25.0 Å². The molecule has 0 unspecified atom stereocenters. The lowest BCUT2D eigenvalue weighted by atomic mass is 10.1. The molecular formula is C18H28N6O3S. The van der Waals surface area contributed by atoms with E-state index in [1.807, 2.05) is 25.8 Å². The molecule has 0 N–H and O–H groups in total. The summed E-state index contributed by atoms with van der Waals surface area (Å²) in [7, 11) is -0.0249. The van der Waals surface area contributed by atoms with Crippen LogP contribution in [0.4, 0.5) is 5.69 Å². The second-order valence-electron chi connectivity index (χ2n) is 7.60. The number of nitrogens with zero attached hydrogens (tertiary/aromatic N) is 6. The topological polar surface area (TPSA) is 93.3 Å². The summed E-state index contributed by atoms with van der Waals surface area (Å²) in [5, 5.41) is 4.38. The fourth-order valence-corrected chi connectivity index (χ4v) is 4.84. The maximum absolute atomic E-state index is 13.0. The van der Waals surface area contributed by atoms with Gasteiger partial charge in [0.15, 0.2) is 5.03 Å². The van der Waals surface area contributed by atoms with Crippen molar-refractivity contribution in [3.8, 4) is 0 Å². The summed E-state index contributed by atoms with van der Waals surface area (Å²) in [6.45, 7) is 6.46. The number of aryl methyl sites for hydroxylation is 2. The van der Waals surface area contributed by atoms with Gasteiger partial charge in [-0.1, -0.05) is 0 Å². The van der Waals surface area contributed by atoms with E-state index < -0.39 is 10.0 Å². The van der Waals surface area contributed by atoms with E-state index in [9.17, 15) is 13.2 Å². The van der Waals surface area contributed by atoms with Crippen LogP contribution >= 0.6 is 0 Å². The molecule has 2 aromatic rings. The van der Waals surface area contributed by atoms with E-state index in [-0.39, 0.29) is 29.2 Å². The summed E-state index contributed by atoms with van der Waals surface area (Å²) in [4.78, 5) is 18.8. The second-order valence-corrected chi connectivity index (χ2v) is 9.48.